The predicted molar refractivity (Wildman–Crippen MR) is 127 cm³/mol. The van der Waals surface area contributed by atoms with E-state index in [9.17, 15) is 26.3 Å². The molecule has 1 aliphatic rings. The van der Waals surface area contributed by atoms with E-state index in [4.69, 9.17) is 9.47 Å². The molecule has 0 aliphatic carbocycles. The molecule has 10 heteroatoms. The van der Waals surface area contributed by atoms with Gasteiger partial charge in [0.2, 0.25) is 5.90 Å². The van der Waals surface area contributed by atoms with Crippen LogP contribution in [0.15, 0.2) is 59.6 Å². The van der Waals surface area contributed by atoms with E-state index in [2.05, 4.69) is 10.3 Å². The lowest BCUT2D eigenvalue weighted by molar-refractivity contribution is -0.139. The molecule has 0 radical (unpaired) electrons. The van der Waals surface area contributed by atoms with E-state index in [0.717, 1.165) is 37.6 Å². The molecule has 0 saturated carbocycles. The third-order valence-electron chi connectivity index (χ3n) is 5.54. The Morgan fingerprint density at radius 1 is 1.06 bits per heavy atom. The lowest BCUT2D eigenvalue weighted by Gasteiger charge is -2.16. The number of hydrogen-bond donors (Lipinski definition) is 1. The van der Waals surface area contributed by atoms with Gasteiger partial charge in [-0.2, -0.15) is 26.3 Å². The Morgan fingerprint density at radius 2 is 1.78 bits per heavy atom. The van der Waals surface area contributed by atoms with E-state index in [-0.39, 0.29) is 24.0 Å². The van der Waals surface area contributed by atoms with E-state index < -0.39 is 23.5 Å². The Hall–Kier alpha value is -3.27. The normalized spacial score (nSPS) is 17.6. The molecule has 1 fully saturated rings. The Morgan fingerprint density at radius 3 is 2.33 bits per heavy atom. The molecule has 1 heterocycles. The molecule has 1 unspecified atom stereocenters. The number of nitrogens with one attached hydrogen (secondary N) is 1. The average Bonchev–Trinajstić information content (AvgIpc) is 3.37. The molecule has 1 N–H and O–H groups in total. The van der Waals surface area contributed by atoms with Crippen molar-refractivity contribution in [3.8, 4) is 5.75 Å². The molecule has 36 heavy (non-hydrogen) atoms. The molecule has 4 nitrogen and oxygen atoms in total. The van der Waals surface area contributed by atoms with Gasteiger partial charge in [0, 0.05) is 5.56 Å². The number of halogens is 6. The second kappa shape index (κ2) is 11.6. The van der Waals surface area contributed by atoms with Crippen molar-refractivity contribution >= 4 is 17.7 Å². The summed E-state index contributed by atoms with van der Waals surface area (Å²) in [5.74, 6) is 0.0371. The smallest absolute Gasteiger partial charge is 0.419 e. The molecule has 1 aliphatic heterocycles. The molecule has 1 atom stereocenters. The predicted octanol–water partition coefficient (Wildman–Crippen LogP) is 6.97. The van der Waals surface area contributed by atoms with Gasteiger partial charge in [-0.1, -0.05) is 24.3 Å². The first-order valence-electron chi connectivity index (χ1n) is 11.2. The summed E-state index contributed by atoms with van der Waals surface area (Å²) in [6.07, 6.45) is -2.84. The molecule has 0 aromatic heterocycles. The van der Waals surface area contributed by atoms with Crippen LogP contribution in [0, 0.1) is 0 Å². The van der Waals surface area contributed by atoms with Crippen molar-refractivity contribution in [1.29, 1.82) is 0 Å². The first kappa shape index (κ1) is 27.3. The van der Waals surface area contributed by atoms with Crippen LogP contribution < -0.4 is 10.1 Å². The van der Waals surface area contributed by atoms with Gasteiger partial charge in [0.25, 0.3) is 0 Å². The van der Waals surface area contributed by atoms with Gasteiger partial charge in [-0.05, 0) is 68.3 Å². The Bertz CT molecular complexity index is 1110. The van der Waals surface area contributed by atoms with Crippen LogP contribution >= 0.6 is 0 Å². The molecule has 1 saturated heterocycles. The fourth-order valence-electron chi connectivity index (χ4n) is 3.72. The summed E-state index contributed by atoms with van der Waals surface area (Å²) in [6, 6.07) is 7.99. The topological polar surface area (TPSA) is 42.8 Å². The fraction of sp³-hybridized carbons (Fsp3) is 0.346. The van der Waals surface area contributed by atoms with Crippen LogP contribution in [0.3, 0.4) is 0 Å². The van der Waals surface area contributed by atoms with Gasteiger partial charge in [0.1, 0.15) is 12.4 Å². The SMILES string of the molecule is C/C=C(\N=C(OC)C1CCCN1)c1ccc(OC/C=C/c2ccc(C(F)(F)F)cc2)c(C(F)(F)F)c1. The summed E-state index contributed by atoms with van der Waals surface area (Å²) >= 11 is 0. The molecule has 194 valence electrons. The van der Waals surface area contributed by atoms with Gasteiger partial charge in [-0.15, -0.1) is 0 Å². The van der Waals surface area contributed by atoms with Gasteiger partial charge >= 0.3 is 12.4 Å². The largest absolute Gasteiger partial charge is 0.489 e. The lowest BCUT2D eigenvalue weighted by Crippen LogP contribution is -2.32. The summed E-state index contributed by atoms with van der Waals surface area (Å²) in [4.78, 5) is 4.45. The van der Waals surface area contributed by atoms with E-state index in [1.54, 1.807) is 13.0 Å². The standard InChI is InChI=1S/C26H26F6N2O2/c1-3-21(34-24(35-2)22-7-4-14-33-22)18-10-13-23(20(16-18)26(30,31)32)36-15-5-6-17-8-11-19(12-9-17)25(27,28)29/h3,5-6,8-13,16,22,33H,4,7,14-15H2,1-2H3/b6-5+,21-3-,34-24?. The first-order valence-corrected chi connectivity index (χ1v) is 11.2. The second-order valence-corrected chi connectivity index (χ2v) is 8.02. The Kier molecular flexibility index (Phi) is 8.84. The second-order valence-electron chi connectivity index (χ2n) is 8.02. The number of methoxy groups -OCH3 is 1. The quantitative estimate of drug-likeness (QED) is 0.247. The zero-order valence-electron chi connectivity index (χ0n) is 19.7. The Labute approximate surface area is 205 Å². The summed E-state index contributed by atoms with van der Waals surface area (Å²) in [6.45, 7) is 2.28. The number of ether oxygens (including phenoxy) is 2. The molecule has 2 aromatic carbocycles. The third kappa shape index (κ3) is 7.13. The molecule has 0 bridgehead atoms. The summed E-state index contributed by atoms with van der Waals surface area (Å²) in [5, 5.41) is 3.24. The van der Waals surface area contributed by atoms with Crippen LogP contribution in [0.25, 0.3) is 11.8 Å². The van der Waals surface area contributed by atoms with Crippen LogP contribution in [0.1, 0.15) is 42.0 Å². The molecule has 0 amide bonds. The van der Waals surface area contributed by atoms with Crippen LogP contribution in [-0.2, 0) is 17.1 Å². The van der Waals surface area contributed by atoms with E-state index in [0.29, 0.717) is 17.2 Å². The number of allylic oxidation sites excluding steroid dienone is 1. The number of nitrogens with zero attached hydrogens (tertiary/aromatic N) is 1. The minimum absolute atomic E-state index is 0.0916. The summed E-state index contributed by atoms with van der Waals surface area (Å²) in [7, 11) is 1.47. The molecular weight excluding hydrogens is 486 g/mol. The van der Waals surface area contributed by atoms with Crippen molar-refractivity contribution in [2.45, 2.75) is 38.2 Å². The number of hydrogen-bond acceptors (Lipinski definition) is 4. The van der Waals surface area contributed by atoms with Crippen molar-refractivity contribution in [2.75, 3.05) is 20.3 Å². The molecule has 3 rings (SSSR count). The van der Waals surface area contributed by atoms with Crippen molar-refractivity contribution in [3.63, 3.8) is 0 Å². The van der Waals surface area contributed by atoms with Gasteiger partial charge in [-0.3, -0.25) is 0 Å². The number of alkyl halides is 6. The van der Waals surface area contributed by atoms with E-state index in [1.807, 2.05) is 0 Å². The van der Waals surface area contributed by atoms with Crippen LogP contribution in [0.4, 0.5) is 26.3 Å². The minimum Gasteiger partial charge on any atom is -0.489 e. The van der Waals surface area contributed by atoms with Gasteiger partial charge < -0.3 is 14.8 Å². The molecule has 0 spiro atoms. The maximum absolute atomic E-state index is 13.8. The summed E-state index contributed by atoms with van der Waals surface area (Å²) < 4.78 is 90.1. The molecule has 2 aromatic rings. The third-order valence-corrected chi connectivity index (χ3v) is 5.54. The van der Waals surface area contributed by atoms with Crippen molar-refractivity contribution < 1.29 is 35.8 Å². The van der Waals surface area contributed by atoms with Gasteiger partial charge in [0.05, 0.1) is 30.0 Å². The van der Waals surface area contributed by atoms with Gasteiger partial charge in [-0.25, -0.2) is 4.99 Å². The van der Waals surface area contributed by atoms with Crippen molar-refractivity contribution in [1.82, 2.24) is 5.32 Å². The molecular formula is C26H26F6N2O2. The Balaban J connectivity index is 1.76. The van der Waals surface area contributed by atoms with Gasteiger partial charge in [0.15, 0.2) is 0 Å². The first-order chi connectivity index (χ1) is 17.0. The average molecular weight is 512 g/mol. The highest BCUT2D eigenvalue weighted by atomic mass is 19.4. The van der Waals surface area contributed by atoms with Crippen LogP contribution in [0.5, 0.6) is 5.75 Å². The highest BCUT2D eigenvalue weighted by molar-refractivity contribution is 5.88. The summed E-state index contributed by atoms with van der Waals surface area (Å²) in [5.41, 5.74) is -0.702. The minimum atomic E-state index is -4.68. The zero-order chi connectivity index (χ0) is 26.3. The highest BCUT2D eigenvalue weighted by Crippen LogP contribution is 2.38. The number of aliphatic imine (C=N–C) groups is 1. The fourth-order valence-corrected chi connectivity index (χ4v) is 3.72. The number of benzene rings is 2. The van der Waals surface area contributed by atoms with E-state index >= 15 is 0 Å². The highest BCUT2D eigenvalue weighted by Gasteiger charge is 2.35. The maximum atomic E-state index is 13.8. The van der Waals surface area contributed by atoms with Crippen molar-refractivity contribution in [3.05, 3.63) is 76.9 Å². The maximum Gasteiger partial charge on any atom is 0.419 e. The van der Waals surface area contributed by atoms with E-state index in [1.165, 1.54) is 43.5 Å². The van der Waals surface area contributed by atoms with Crippen LogP contribution in [-0.4, -0.2) is 32.2 Å². The van der Waals surface area contributed by atoms with Crippen LogP contribution in [0.2, 0.25) is 0 Å². The van der Waals surface area contributed by atoms with Crippen molar-refractivity contribution in [2.24, 2.45) is 4.99 Å². The zero-order valence-corrected chi connectivity index (χ0v) is 19.7. The lowest BCUT2D eigenvalue weighted by atomic mass is 10.1. The number of rotatable bonds is 7. The monoisotopic (exact) mass is 512 g/mol.